The molecule has 1 aromatic carbocycles. The van der Waals surface area contributed by atoms with Gasteiger partial charge in [0.15, 0.2) is 13.2 Å². The van der Waals surface area contributed by atoms with E-state index < -0.39 is 5.97 Å². The lowest BCUT2D eigenvalue weighted by atomic mass is 10.0. The number of amides is 2. The molecule has 9 heteroatoms. The predicted molar refractivity (Wildman–Crippen MR) is 106 cm³/mol. The van der Waals surface area contributed by atoms with E-state index in [0.717, 1.165) is 16.1 Å². The maximum atomic E-state index is 12.1. The minimum Gasteiger partial charge on any atom is -0.482 e. The summed E-state index contributed by atoms with van der Waals surface area (Å²) in [6.07, 6.45) is 1.03. The molecule has 0 unspecified atom stereocenters. The third-order valence-corrected chi connectivity index (χ3v) is 5.27. The van der Waals surface area contributed by atoms with Crippen LogP contribution in [0.3, 0.4) is 0 Å². The van der Waals surface area contributed by atoms with Gasteiger partial charge in [-0.15, -0.1) is 11.3 Å². The predicted octanol–water partition coefficient (Wildman–Crippen LogP) is 2.07. The minimum absolute atomic E-state index is 0.0209. The van der Waals surface area contributed by atoms with Crippen LogP contribution in [0.2, 0.25) is 0 Å². The Bertz CT molecular complexity index is 952. The number of hydrogen-bond acceptors (Lipinski definition) is 7. The van der Waals surface area contributed by atoms with Gasteiger partial charge in [0.25, 0.3) is 0 Å². The van der Waals surface area contributed by atoms with E-state index in [9.17, 15) is 19.2 Å². The van der Waals surface area contributed by atoms with Gasteiger partial charge >= 0.3 is 5.97 Å². The molecule has 0 spiro atoms. The number of ketones is 1. The van der Waals surface area contributed by atoms with E-state index in [0.29, 0.717) is 30.0 Å². The summed E-state index contributed by atoms with van der Waals surface area (Å²) in [5, 5.41) is 5.43. The lowest BCUT2D eigenvalue weighted by molar-refractivity contribution is -0.144. The van der Waals surface area contributed by atoms with Crippen molar-refractivity contribution in [3.63, 3.8) is 0 Å². The molecule has 2 N–H and O–H groups in total. The minimum atomic E-state index is -0.653. The number of aryl methyl sites for hydroxylation is 1. The van der Waals surface area contributed by atoms with Gasteiger partial charge in [0, 0.05) is 23.9 Å². The Labute approximate surface area is 171 Å². The summed E-state index contributed by atoms with van der Waals surface area (Å²) in [6.45, 7) is 1.07. The Morgan fingerprint density at radius 2 is 1.97 bits per heavy atom. The van der Waals surface area contributed by atoms with Crippen molar-refractivity contribution >= 4 is 40.6 Å². The van der Waals surface area contributed by atoms with Gasteiger partial charge in [0.2, 0.25) is 17.6 Å². The average molecular weight is 416 g/mol. The van der Waals surface area contributed by atoms with Gasteiger partial charge in [-0.05, 0) is 42.3 Å². The van der Waals surface area contributed by atoms with Gasteiger partial charge in [-0.3, -0.25) is 14.4 Å². The molecule has 8 nitrogen and oxygen atoms in total. The zero-order valence-electron chi connectivity index (χ0n) is 15.8. The second-order valence-corrected chi connectivity index (χ2v) is 7.58. The molecule has 0 saturated carbocycles. The highest BCUT2D eigenvalue weighted by Gasteiger charge is 2.16. The largest absolute Gasteiger partial charge is 0.482 e. The van der Waals surface area contributed by atoms with Gasteiger partial charge in [-0.25, -0.2) is 4.79 Å². The van der Waals surface area contributed by atoms with Gasteiger partial charge in [0.05, 0.1) is 11.4 Å². The summed E-state index contributed by atoms with van der Waals surface area (Å²) in [4.78, 5) is 47.6. The molecule has 0 radical (unpaired) electrons. The summed E-state index contributed by atoms with van der Waals surface area (Å²) in [6, 6.07) is 8.55. The number of fused-ring (bicyclic) bond motifs is 1. The second-order valence-electron chi connectivity index (χ2n) is 6.42. The number of rotatable bonds is 8. The van der Waals surface area contributed by atoms with E-state index in [4.69, 9.17) is 9.47 Å². The highest BCUT2D eigenvalue weighted by atomic mass is 32.1. The molecule has 1 aliphatic heterocycles. The first kappa shape index (κ1) is 20.5. The van der Waals surface area contributed by atoms with Gasteiger partial charge in [-0.2, -0.15) is 0 Å². The first-order valence-electron chi connectivity index (χ1n) is 8.98. The molecule has 0 aliphatic carbocycles. The van der Waals surface area contributed by atoms with Crippen LogP contribution < -0.4 is 15.4 Å². The second kappa shape index (κ2) is 9.33. The number of Topliss-reactive ketones (excluding diaryl/α,β-unsaturated/α-hetero) is 1. The molecule has 2 amide bonds. The maximum Gasteiger partial charge on any atom is 0.344 e. The van der Waals surface area contributed by atoms with Crippen LogP contribution in [-0.4, -0.2) is 36.8 Å². The zero-order valence-corrected chi connectivity index (χ0v) is 16.6. The van der Waals surface area contributed by atoms with Crippen LogP contribution in [0.5, 0.6) is 5.75 Å². The number of esters is 1. The van der Waals surface area contributed by atoms with Crippen LogP contribution in [0.1, 0.15) is 33.5 Å². The first-order chi connectivity index (χ1) is 13.9. The quantitative estimate of drug-likeness (QED) is 0.504. The number of carbonyl (C=O) groups excluding carboxylic acids is 4. The lowest BCUT2D eigenvalue weighted by Crippen LogP contribution is -2.20. The molecule has 1 aliphatic rings. The monoisotopic (exact) mass is 416 g/mol. The van der Waals surface area contributed by atoms with Crippen molar-refractivity contribution in [2.75, 3.05) is 18.5 Å². The molecule has 2 aromatic rings. The lowest BCUT2D eigenvalue weighted by Gasteiger charge is -2.17. The average Bonchev–Trinajstić information content (AvgIpc) is 3.18. The van der Waals surface area contributed by atoms with E-state index in [1.807, 2.05) is 0 Å². The smallest absolute Gasteiger partial charge is 0.344 e. The number of hydrogen-bond donors (Lipinski definition) is 2. The summed E-state index contributed by atoms with van der Waals surface area (Å²) in [7, 11) is 0. The van der Waals surface area contributed by atoms with Crippen molar-refractivity contribution < 1.29 is 28.7 Å². The Hall–Kier alpha value is -3.20. The SMILES string of the molecule is CC(=O)NCc1ccc(C(=O)COC(=O)COc2ccc3c(c2)CCC(=O)N3)s1. The molecule has 1 aromatic heterocycles. The van der Waals surface area contributed by atoms with E-state index in [1.165, 1.54) is 18.3 Å². The van der Waals surface area contributed by atoms with Gasteiger partial charge < -0.3 is 20.1 Å². The third kappa shape index (κ3) is 5.89. The van der Waals surface area contributed by atoms with E-state index in [2.05, 4.69) is 10.6 Å². The third-order valence-electron chi connectivity index (χ3n) is 4.14. The molecule has 152 valence electrons. The van der Waals surface area contributed by atoms with Crippen molar-refractivity contribution in [1.82, 2.24) is 5.32 Å². The Morgan fingerprint density at radius 1 is 1.14 bits per heavy atom. The fourth-order valence-corrected chi connectivity index (χ4v) is 3.56. The number of benzene rings is 1. The summed E-state index contributed by atoms with van der Waals surface area (Å²) >= 11 is 1.24. The molecule has 0 fully saturated rings. The van der Waals surface area contributed by atoms with Crippen molar-refractivity contribution in [1.29, 1.82) is 0 Å². The highest BCUT2D eigenvalue weighted by molar-refractivity contribution is 7.14. The summed E-state index contributed by atoms with van der Waals surface area (Å²) in [5.74, 6) is -0.651. The molecular weight excluding hydrogens is 396 g/mol. The Morgan fingerprint density at radius 3 is 2.76 bits per heavy atom. The standard InChI is InChI=1S/C20H20N2O6S/c1-12(23)21-9-15-4-6-18(29-15)17(24)10-28-20(26)11-27-14-3-5-16-13(8-14)2-7-19(25)22-16/h3-6,8H,2,7,9-11H2,1H3,(H,21,23)(H,22,25). The molecule has 0 bridgehead atoms. The fraction of sp³-hybridized carbons (Fsp3) is 0.300. The topological polar surface area (TPSA) is 111 Å². The Kier molecular flexibility index (Phi) is 6.61. The van der Waals surface area contributed by atoms with Crippen molar-refractivity contribution in [2.45, 2.75) is 26.3 Å². The van der Waals surface area contributed by atoms with E-state index in [-0.39, 0.29) is 30.8 Å². The number of ether oxygens (including phenoxy) is 2. The highest BCUT2D eigenvalue weighted by Crippen LogP contribution is 2.26. The molecule has 29 heavy (non-hydrogen) atoms. The zero-order chi connectivity index (χ0) is 20.8. The fourth-order valence-electron chi connectivity index (χ4n) is 2.69. The van der Waals surface area contributed by atoms with E-state index >= 15 is 0 Å². The van der Waals surface area contributed by atoms with Crippen LogP contribution in [0.4, 0.5) is 5.69 Å². The van der Waals surface area contributed by atoms with E-state index in [1.54, 1.807) is 30.3 Å². The van der Waals surface area contributed by atoms with Crippen LogP contribution in [0.15, 0.2) is 30.3 Å². The van der Waals surface area contributed by atoms with Crippen molar-refractivity contribution in [3.05, 3.63) is 45.6 Å². The van der Waals surface area contributed by atoms with Crippen LogP contribution in [0, 0.1) is 0 Å². The first-order valence-corrected chi connectivity index (χ1v) is 9.80. The van der Waals surface area contributed by atoms with Gasteiger partial charge in [-0.1, -0.05) is 0 Å². The van der Waals surface area contributed by atoms with Crippen LogP contribution >= 0.6 is 11.3 Å². The maximum absolute atomic E-state index is 12.1. The normalized spacial score (nSPS) is 12.5. The van der Waals surface area contributed by atoms with Gasteiger partial charge in [0.1, 0.15) is 5.75 Å². The molecule has 0 saturated heterocycles. The summed E-state index contributed by atoms with van der Waals surface area (Å²) in [5.41, 5.74) is 1.69. The number of carbonyl (C=O) groups is 4. The molecule has 0 atom stereocenters. The van der Waals surface area contributed by atoms with Crippen LogP contribution in [0.25, 0.3) is 0 Å². The number of anilines is 1. The molecule has 2 heterocycles. The molecule has 3 rings (SSSR count). The van der Waals surface area contributed by atoms with Crippen molar-refractivity contribution in [2.24, 2.45) is 0 Å². The van der Waals surface area contributed by atoms with Crippen molar-refractivity contribution in [3.8, 4) is 5.75 Å². The number of thiophene rings is 1. The summed E-state index contributed by atoms with van der Waals surface area (Å²) < 4.78 is 10.4. The molecular formula is C20H20N2O6S. The van der Waals surface area contributed by atoms with Crippen LogP contribution in [-0.2, 0) is 32.1 Å². The number of nitrogens with one attached hydrogen (secondary N) is 2. The Balaban J connectivity index is 1.43.